The maximum atomic E-state index is 12.6. The quantitative estimate of drug-likeness (QED) is 0.531. The monoisotopic (exact) mass is 412 g/mol. The molecule has 0 N–H and O–H groups in total. The number of thiophene rings is 1. The van der Waals surface area contributed by atoms with Crippen molar-refractivity contribution in [2.45, 2.75) is 24.6 Å². The Labute approximate surface area is 160 Å². The molecule has 0 bridgehead atoms. The summed E-state index contributed by atoms with van der Waals surface area (Å²) in [5.41, 5.74) is 0.915. The van der Waals surface area contributed by atoms with Gasteiger partial charge in [0.15, 0.2) is 0 Å². The van der Waals surface area contributed by atoms with Crippen LogP contribution in [0.3, 0.4) is 0 Å². The fourth-order valence-corrected chi connectivity index (χ4v) is 5.71. The van der Waals surface area contributed by atoms with Gasteiger partial charge in [-0.25, -0.2) is 0 Å². The molecule has 2 heterocycles. The van der Waals surface area contributed by atoms with Gasteiger partial charge in [0.2, 0.25) is 4.80 Å². The second kappa shape index (κ2) is 8.34. The Balaban J connectivity index is 2.12. The standard InChI is InChI=1S/C17H20N2O4S3/c1-3-22-10-9-19-14-8-7-13(23-4-2)12-15(14)25-17(19)18-26(20,21)16-6-5-11-24-16/h5-8,11-12H,3-4,9-10H2,1-2H3. The van der Waals surface area contributed by atoms with E-state index in [-0.39, 0.29) is 4.21 Å². The van der Waals surface area contributed by atoms with Crippen LogP contribution in [-0.2, 0) is 21.3 Å². The number of benzene rings is 1. The highest BCUT2D eigenvalue weighted by atomic mass is 32.2. The summed E-state index contributed by atoms with van der Waals surface area (Å²) in [6, 6.07) is 8.99. The molecule has 9 heteroatoms. The Bertz CT molecular complexity index is 1030. The van der Waals surface area contributed by atoms with Crippen LogP contribution in [0.15, 0.2) is 44.3 Å². The van der Waals surface area contributed by atoms with E-state index in [2.05, 4.69) is 4.40 Å². The van der Waals surface area contributed by atoms with Gasteiger partial charge in [0.25, 0.3) is 10.0 Å². The molecule has 3 aromatic rings. The highest BCUT2D eigenvalue weighted by Crippen LogP contribution is 2.24. The first-order valence-corrected chi connectivity index (χ1v) is 11.4. The van der Waals surface area contributed by atoms with Gasteiger partial charge in [0.05, 0.1) is 23.4 Å². The van der Waals surface area contributed by atoms with E-state index in [0.29, 0.717) is 31.2 Å². The summed E-state index contributed by atoms with van der Waals surface area (Å²) in [6.07, 6.45) is 0. The Morgan fingerprint density at radius 2 is 2.04 bits per heavy atom. The summed E-state index contributed by atoms with van der Waals surface area (Å²) in [5, 5.41) is 1.73. The van der Waals surface area contributed by atoms with E-state index in [1.165, 1.54) is 11.3 Å². The smallest absolute Gasteiger partial charge is 0.294 e. The molecule has 0 fully saturated rings. The minimum absolute atomic E-state index is 0.237. The summed E-state index contributed by atoms with van der Waals surface area (Å²) in [5.74, 6) is 0.755. The number of hydrogen-bond acceptors (Lipinski definition) is 6. The van der Waals surface area contributed by atoms with Crippen LogP contribution in [0.2, 0.25) is 0 Å². The van der Waals surface area contributed by atoms with Crippen molar-refractivity contribution in [2.24, 2.45) is 4.40 Å². The van der Waals surface area contributed by atoms with E-state index in [0.717, 1.165) is 27.3 Å². The third-order valence-corrected chi connectivity index (χ3v) is 7.37. The molecule has 6 nitrogen and oxygen atoms in total. The van der Waals surface area contributed by atoms with Crippen molar-refractivity contribution >= 4 is 42.9 Å². The summed E-state index contributed by atoms with van der Waals surface area (Å²) in [4.78, 5) is 0.432. The van der Waals surface area contributed by atoms with Crippen LogP contribution in [0.25, 0.3) is 10.2 Å². The zero-order chi connectivity index (χ0) is 18.6. The summed E-state index contributed by atoms with van der Waals surface area (Å²) < 4.78 is 43.3. The van der Waals surface area contributed by atoms with Gasteiger partial charge in [-0.15, -0.1) is 15.7 Å². The Kier molecular flexibility index (Phi) is 6.13. The predicted molar refractivity (Wildman–Crippen MR) is 105 cm³/mol. The lowest BCUT2D eigenvalue weighted by atomic mass is 10.3. The number of ether oxygens (including phenoxy) is 2. The molecular weight excluding hydrogens is 392 g/mol. The van der Waals surface area contributed by atoms with Gasteiger partial charge in [-0.3, -0.25) is 0 Å². The molecular formula is C17H20N2O4S3. The zero-order valence-corrected chi connectivity index (χ0v) is 17.0. The molecule has 0 spiro atoms. The molecule has 0 atom stereocenters. The molecule has 0 saturated carbocycles. The van der Waals surface area contributed by atoms with Gasteiger partial charge in [0.1, 0.15) is 9.96 Å². The third-order valence-electron chi connectivity index (χ3n) is 3.58. The second-order valence-corrected chi connectivity index (χ2v) is 9.08. The number of fused-ring (bicyclic) bond motifs is 1. The van der Waals surface area contributed by atoms with Crippen LogP contribution in [0, 0.1) is 0 Å². The first kappa shape index (κ1) is 19.1. The van der Waals surface area contributed by atoms with Crippen molar-refractivity contribution in [3.8, 4) is 5.75 Å². The molecule has 0 aliphatic carbocycles. The van der Waals surface area contributed by atoms with Crippen molar-refractivity contribution in [3.63, 3.8) is 0 Å². The lowest BCUT2D eigenvalue weighted by molar-refractivity contribution is 0.139. The van der Waals surface area contributed by atoms with Crippen molar-refractivity contribution in [1.82, 2.24) is 4.57 Å². The minimum atomic E-state index is -3.73. The Hall–Kier alpha value is -1.68. The Morgan fingerprint density at radius 1 is 1.19 bits per heavy atom. The molecule has 140 valence electrons. The highest BCUT2D eigenvalue weighted by Gasteiger charge is 2.16. The largest absolute Gasteiger partial charge is 0.494 e. The maximum Gasteiger partial charge on any atom is 0.294 e. The van der Waals surface area contributed by atoms with E-state index in [4.69, 9.17) is 9.47 Å². The van der Waals surface area contributed by atoms with Gasteiger partial charge in [-0.05, 0) is 43.5 Å². The van der Waals surface area contributed by atoms with Crippen molar-refractivity contribution in [3.05, 3.63) is 40.5 Å². The first-order valence-electron chi connectivity index (χ1n) is 8.23. The number of rotatable bonds is 8. The molecule has 26 heavy (non-hydrogen) atoms. The number of aromatic nitrogens is 1. The fourth-order valence-electron chi connectivity index (χ4n) is 2.45. The number of nitrogens with zero attached hydrogens (tertiary/aromatic N) is 2. The summed E-state index contributed by atoms with van der Waals surface area (Å²) >= 11 is 2.49. The van der Waals surface area contributed by atoms with Gasteiger partial charge in [0, 0.05) is 13.2 Å². The highest BCUT2D eigenvalue weighted by molar-refractivity contribution is 7.92. The first-order chi connectivity index (χ1) is 12.5. The minimum Gasteiger partial charge on any atom is -0.494 e. The van der Waals surface area contributed by atoms with Crippen LogP contribution in [0.1, 0.15) is 13.8 Å². The lowest BCUT2D eigenvalue weighted by Gasteiger charge is -2.06. The number of hydrogen-bond donors (Lipinski definition) is 0. The van der Waals surface area contributed by atoms with E-state index < -0.39 is 10.0 Å². The lowest BCUT2D eigenvalue weighted by Crippen LogP contribution is -2.19. The normalized spacial score (nSPS) is 12.8. The van der Waals surface area contributed by atoms with E-state index in [1.54, 1.807) is 17.5 Å². The predicted octanol–water partition coefficient (Wildman–Crippen LogP) is 3.49. The zero-order valence-electron chi connectivity index (χ0n) is 14.5. The summed E-state index contributed by atoms with van der Waals surface area (Å²) in [7, 11) is -3.73. The van der Waals surface area contributed by atoms with E-state index in [1.807, 2.05) is 36.6 Å². The van der Waals surface area contributed by atoms with Crippen molar-refractivity contribution in [2.75, 3.05) is 19.8 Å². The molecule has 2 aromatic heterocycles. The Morgan fingerprint density at radius 3 is 2.73 bits per heavy atom. The third kappa shape index (κ3) is 4.17. The topological polar surface area (TPSA) is 69.9 Å². The molecule has 0 saturated heterocycles. The second-order valence-electron chi connectivity index (χ2n) is 5.29. The molecule has 1 aromatic carbocycles. The summed E-state index contributed by atoms with van der Waals surface area (Å²) in [6.45, 7) is 6.05. The maximum absolute atomic E-state index is 12.6. The SMILES string of the molecule is CCOCCn1c(=NS(=O)(=O)c2cccs2)sc2cc(OCC)ccc21. The average molecular weight is 413 g/mol. The van der Waals surface area contributed by atoms with Crippen molar-refractivity contribution in [1.29, 1.82) is 0 Å². The molecule has 0 aliphatic rings. The van der Waals surface area contributed by atoms with Gasteiger partial charge in [-0.2, -0.15) is 8.42 Å². The van der Waals surface area contributed by atoms with E-state index in [9.17, 15) is 8.42 Å². The van der Waals surface area contributed by atoms with E-state index >= 15 is 0 Å². The van der Waals surface area contributed by atoms with Crippen LogP contribution in [-0.4, -0.2) is 32.8 Å². The van der Waals surface area contributed by atoms with Gasteiger partial charge >= 0.3 is 0 Å². The van der Waals surface area contributed by atoms with Crippen LogP contribution < -0.4 is 9.54 Å². The molecule has 0 amide bonds. The van der Waals surface area contributed by atoms with Gasteiger partial charge < -0.3 is 14.0 Å². The fraction of sp³-hybridized carbons (Fsp3) is 0.353. The molecule has 3 rings (SSSR count). The van der Waals surface area contributed by atoms with Crippen LogP contribution >= 0.6 is 22.7 Å². The van der Waals surface area contributed by atoms with Crippen molar-refractivity contribution < 1.29 is 17.9 Å². The van der Waals surface area contributed by atoms with Crippen LogP contribution in [0.4, 0.5) is 0 Å². The molecule has 0 unspecified atom stereocenters. The van der Waals surface area contributed by atoms with Crippen LogP contribution in [0.5, 0.6) is 5.75 Å². The average Bonchev–Trinajstić information content (AvgIpc) is 3.24. The van der Waals surface area contributed by atoms with Gasteiger partial charge in [-0.1, -0.05) is 17.4 Å². The number of sulfonamides is 1. The molecule has 0 aliphatic heterocycles. The number of thiazole rings is 1. The molecule has 0 radical (unpaired) electrons.